The lowest BCUT2D eigenvalue weighted by Crippen LogP contribution is -2.22. The Morgan fingerprint density at radius 3 is 2.10 bits per heavy atom. The summed E-state index contributed by atoms with van der Waals surface area (Å²) in [4.78, 5) is 11.8. The van der Waals surface area contributed by atoms with Gasteiger partial charge in [-0.15, -0.1) is 0 Å². The molecule has 2 unspecified atom stereocenters. The lowest BCUT2D eigenvalue weighted by atomic mass is 10.0. The van der Waals surface area contributed by atoms with Crippen molar-refractivity contribution < 1.29 is 19.0 Å². The summed E-state index contributed by atoms with van der Waals surface area (Å²) in [5.41, 5.74) is 0. The van der Waals surface area contributed by atoms with Crippen LogP contribution in [0.25, 0.3) is 0 Å². The van der Waals surface area contributed by atoms with Crippen molar-refractivity contribution in [1.82, 2.24) is 0 Å². The highest BCUT2D eigenvalue weighted by Crippen LogP contribution is 2.23. The molecule has 0 saturated carbocycles. The zero-order chi connectivity index (χ0) is 14.9. The van der Waals surface area contributed by atoms with Gasteiger partial charge in [-0.2, -0.15) is 0 Å². The number of rotatable bonds is 9. The molecule has 122 valence electrons. The van der Waals surface area contributed by atoms with Gasteiger partial charge < -0.3 is 14.2 Å². The number of carbonyl (C=O) groups is 1. The van der Waals surface area contributed by atoms with E-state index in [1.54, 1.807) is 0 Å². The topological polar surface area (TPSA) is 44.8 Å². The Labute approximate surface area is 128 Å². The van der Waals surface area contributed by atoms with Crippen molar-refractivity contribution in [2.24, 2.45) is 0 Å². The molecule has 0 radical (unpaired) electrons. The molecule has 4 heteroatoms. The third-order valence-corrected chi connectivity index (χ3v) is 4.42. The third-order valence-electron chi connectivity index (χ3n) is 4.42. The minimum Gasteiger partial charge on any atom is -0.462 e. The van der Waals surface area contributed by atoms with Gasteiger partial charge in [-0.1, -0.05) is 6.92 Å². The molecule has 0 bridgehead atoms. The lowest BCUT2D eigenvalue weighted by molar-refractivity contribution is -0.150. The second-order valence-corrected chi connectivity index (χ2v) is 6.29. The van der Waals surface area contributed by atoms with Crippen LogP contribution in [0.15, 0.2) is 0 Å². The largest absolute Gasteiger partial charge is 0.462 e. The monoisotopic (exact) mass is 298 g/mol. The van der Waals surface area contributed by atoms with Crippen LogP contribution in [0.2, 0.25) is 0 Å². The molecule has 0 N–H and O–H groups in total. The Morgan fingerprint density at radius 2 is 1.67 bits per heavy atom. The Balaban J connectivity index is 1.72. The maximum atomic E-state index is 11.8. The molecule has 2 saturated heterocycles. The van der Waals surface area contributed by atoms with E-state index in [9.17, 15) is 4.79 Å². The first kappa shape index (κ1) is 16.8. The Morgan fingerprint density at radius 1 is 1.10 bits per heavy atom. The fourth-order valence-electron chi connectivity index (χ4n) is 3.20. The fraction of sp³-hybridized carbons (Fsp3) is 0.941. The van der Waals surface area contributed by atoms with Gasteiger partial charge in [0.1, 0.15) is 6.10 Å². The van der Waals surface area contributed by atoms with Crippen LogP contribution in [-0.4, -0.2) is 37.5 Å². The summed E-state index contributed by atoms with van der Waals surface area (Å²) < 4.78 is 17.0. The highest BCUT2D eigenvalue weighted by molar-refractivity contribution is 5.69. The summed E-state index contributed by atoms with van der Waals surface area (Å²) in [5, 5.41) is 0. The average molecular weight is 298 g/mol. The minimum atomic E-state index is -0.0535. The maximum absolute atomic E-state index is 11.8. The molecule has 2 rings (SSSR count). The second kappa shape index (κ2) is 9.42. The summed E-state index contributed by atoms with van der Waals surface area (Å²) in [6.07, 6.45) is 10.7. The predicted molar refractivity (Wildman–Crippen MR) is 81.2 cm³/mol. The van der Waals surface area contributed by atoms with Crippen molar-refractivity contribution >= 4 is 5.97 Å². The zero-order valence-corrected chi connectivity index (χ0v) is 13.4. The summed E-state index contributed by atoms with van der Waals surface area (Å²) >= 11 is 0. The molecule has 0 aromatic carbocycles. The van der Waals surface area contributed by atoms with E-state index in [1.165, 1.54) is 12.8 Å². The van der Waals surface area contributed by atoms with Crippen molar-refractivity contribution in [3.8, 4) is 0 Å². The molecule has 0 amide bonds. The van der Waals surface area contributed by atoms with Gasteiger partial charge in [0, 0.05) is 19.6 Å². The highest BCUT2D eigenvalue weighted by atomic mass is 16.5. The van der Waals surface area contributed by atoms with E-state index in [0.717, 1.165) is 58.2 Å². The number of hydrogen-bond donors (Lipinski definition) is 0. The van der Waals surface area contributed by atoms with Crippen LogP contribution in [-0.2, 0) is 19.0 Å². The predicted octanol–water partition coefficient (Wildman–Crippen LogP) is 3.62. The lowest BCUT2D eigenvalue weighted by Gasteiger charge is -2.21. The zero-order valence-electron chi connectivity index (χ0n) is 13.4. The molecule has 0 aromatic rings. The molecule has 2 heterocycles. The number of ether oxygens (including phenoxy) is 3. The Bertz CT molecular complexity index is 273. The van der Waals surface area contributed by atoms with Gasteiger partial charge in [0.15, 0.2) is 0 Å². The quantitative estimate of drug-likeness (QED) is 0.610. The maximum Gasteiger partial charge on any atom is 0.306 e. The van der Waals surface area contributed by atoms with Gasteiger partial charge >= 0.3 is 5.97 Å². The molecule has 2 aliphatic rings. The van der Waals surface area contributed by atoms with Gasteiger partial charge in [-0.05, 0) is 57.8 Å². The average Bonchev–Trinajstić information content (AvgIpc) is 3.15. The van der Waals surface area contributed by atoms with Gasteiger partial charge in [0.2, 0.25) is 0 Å². The van der Waals surface area contributed by atoms with Crippen LogP contribution >= 0.6 is 0 Å². The number of carbonyl (C=O) groups excluding carboxylic acids is 1. The van der Waals surface area contributed by atoms with E-state index in [1.807, 2.05) is 6.92 Å². The third kappa shape index (κ3) is 6.35. The SMILES string of the molecule is CCCC(=O)OC(CCC1CCCO1)CCC1CCCO1. The van der Waals surface area contributed by atoms with Crippen LogP contribution in [0.4, 0.5) is 0 Å². The van der Waals surface area contributed by atoms with Crippen LogP contribution in [0.5, 0.6) is 0 Å². The fourth-order valence-corrected chi connectivity index (χ4v) is 3.20. The Hall–Kier alpha value is -0.610. The first-order valence-corrected chi connectivity index (χ1v) is 8.70. The van der Waals surface area contributed by atoms with Crippen molar-refractivity contribution in [1.29, 1.82) is 0 Å². The summed E-state index contributed by atoms with van der Waals surface area (Å²) in [6, 6.07) is 0. The second-order valence-electron chi connectivity index (χ2n) is 6.29. The van der Waals surface area contributed by atoms with E-state index in [4.69, 9.17) is 14.2 Å². The standard InChI is InChI=1S/C17H30O4/c1-2-5-17(18)21-16(10-8-14-6-3-12-19-14)11-9-15-7-4-13-20-15/h14-16H,2-13H2,1H3. The summed E-state index contributed by atoms with van der Waals surface area (Å²) in [5.74, 6) is -0.0535. The first-order valence-electron chi connectivity index (χ1n) is 8.70. The number of esters is 1. The molecule has 2 aliphatic heterocycles. The van der Waals surface area contributed by atoms with Crippen LogP contribution < -0.4 is 0 Å². The van der Waals surface area contributed by atoms with E-state index in [0.29, 0.717) is 18.6 Å². The molecule has 2 fully saturated rings. The first-order chi connectivity index (χ1) is 10.3. The summed E-state index contributed by atoms with van der Waals surface area (Å²) in [6.45, 7) is 3.79. The van der Waals surface area contributed by atoms with Gasteiger partial charge in [-0.3, -0.25) is 4.79 Å². The molecule has 2 atom stereocenters. The van der Waals surface area contributed by atoms with E-state index < -0.39 is 0 Å². The smallest absolute Gasteiger partial charge is 0.306 e. The van der Waals surface area contributed by atoms with Crippen LogP contribution in [0, 0.1) is 0 Å². The van der Waals surface area contributed by atoms with Gasteiger partial charge in [0.05, 0.1) is 12.2 Å². The minimum absolute atomic E-state index is 0.0393. The summed E-state index contributed by atoms with van der Waals surface area (Å²) in [7, 11) is 0. The van der Waals surface area contributed by atoms with Crippen molar-refractivity contribution in [3.05, 3.63) is 0 Å². The molecular formula is C17H30O4. The molecule has 0 spiro atoms. The normalized spacial score (nSPS) is 26.9. The van der Waals surface area contributed by atoms with Gasteiger partial charge in [0.25, 0.3) is 0 Å². The molecule has 0 aromatic heterocycles. The Kier molecular flexibility index (Phi) is 7.51. The highest BCUT2D eigenvalue weighted by Gasteiger charge is 2.22. The van der Waals surface area contributed by atoms with E-state index in [-0.39, 0.29) is 12.1 Å². The molecule has 0 aliphatic carbocycles. The van der Waals surface area contributed by atoms with Crippen molar-refractivity contribution in [3.63, 3.8) is 0 Å². The van der Waals surface area contributed by atoms with Crippen LogP contribution in [0.1, 0.15) is 71.1 Å². The van der Waals surface area contributed by atoms with Gasteiger partial charge in [-0.25, -0.2) is 0 Å². The van der Waals surface area contributed by atoms with Crippen molar-refractivity contribution in [2.45, 2.75) is 89.4 Å². The van der Waals surface area contributed by atoms with E-state index in [2.05, 4.69) is 0 Å². The molecular weight excluding hydrogens is 268 g/mol. The van der Waals surface area contributed by atoms with Crippen LogP contribution in [0.3, 0.4) is 0 Å². The number of hydrogen-bond acceptors (Lipinski definition) is 4. The van der Waals surface area contributed by atoms with Crippen molar-refractivity contribution in [2.75, 3.05) is 13.2 Å². The molecule has 21 heavy (non-hydrogen) atoms. The van der Waals surface area contributed by atoms with E-state index >= 15 is 0 Å². The molecule has 4 nitrogen and oxygen atoms in total.